The molecule has 10 aromatic rings. The van der Waals surface area contributed by atoms with Crippen LogP contribution >= 0.6 is 0 Å². The van der Waals surface area contributed by atoms with Crippen molar-refractivity contribution in [2.45, 2.75) is 24.9 Å². The molecule has 1 heterocycles. The van der Waals surface area contributed by atoms with Crippen molar-refractivity contribution in [3.8, 4) is 39.1 Å². The number of para-hydroxylation sites is 2. The van der Waals surface area contributed by atoms with E-state index in [1.165, 1.54) is 33.4 Å². The molecule has 0 bridgehead atoms. The van der Waals surface area contributed by atoms with Crippen LogP contribution in [-0.2, 0) is 11.0 Å². The van der Waals surface area contributed by atoms with Crippen molar-refractivity contribution < 1.29 is 4.74 Å². The Morgan fingerprint density at radius 2 is 0.701 bits per heavy atom. The summed E-state index contributed by atoms with van der Waals surface area (Å²) in [4.78, 5) is 4.69. The van der Waals surface area contributed by atoms with Gasteiger partial charge in [0.2, 0.25) is 0 Å². The van der Waals surface area contributed by atoms with Gasteiger partial charge in [0.15, 0.2) is 5.60 Å². The van der Waals surface area contributed by atoms with Crippen LogP contribution in [0.1, 0.15) is 41.7 Å². The Kier molecular flexibility index (Phi) is 9.73. The second kappa shape index (κ2) is 16.2. The molecule has 1 aliphatic carbocycles. The summed E-state index contributed by atoms with van der Waals surface area (Å²) in [5, 5.41) is 0. The Bertz CT molecular complexity index is 3350. The third-order valence-electron chi connectivity index (χ3n) is 13.9. The third-order valence-corrected chi connectivity index (χ3v) is 13.9. The van der Waals surface area contributed by atoms with Crippen molar-refractivity contribution in [2.75, 3.05) is 9.80 Å². The number of hydrogen-bond donors (Lipinski definition) is 0. The third kappa shape index (κ3) is 6.73. The van der Waals surface area contributed by atoms with Crippen molar-refractivity contribution in [2.24, 2.45) is 0 Å². The molecule has 1 atom stereocenters. The number of anilines is 6. The standard InChI is InChI=1S/C64H48N2O/c1-63(2)59-29-17-15-27-55(59)57-41-39-53(43-61(57)63)66(51-35-31-46(32-36-51)45-19-7-3-8-20-45)52-37-33-48(34-38-52)64(47-21-9-4-10-22-47)60-30-18-16-28-56(60)58-42-40-54(44-62(58)67-64)65(49-23-11-5-12-24-49)50-25-13-6-14-26-50/h3-44H,1-2H3. The maximum absolute atomic E-state index is 7.67. The van der Waals surface area contributed by atoms with Crippen LogP contribution in [0.5, 0.6) is 5.75 Å². The van der Waals surface area contributed by atoms with Crippen molar-refractivity contribution in [1.29, 1.82) is 0 Å². The molecule has 2 aliphatic rings. The molecular weight excluding hydrogens is 813 g/mol. The summed E-state index contributed by atoms with van der Waals surface area (Å²) in [6.07, 6.45) is 0. The first-order valence-corrected chi connectivity index (χ1v) is 23.2. The van der Waals surface area contributed by atoms with Crippen LogP contribution in [0.2, 0.25) is 0 Å². The van der Waals surface area contributed by atoms with E-state index in [-0.39, 0.29) is 5.41 Å². The molecule has 0 N–H and O–H groups in total. The molecule has 1 unspecified atom stereocenters. The number of rotatable bonds is 9. The van der Waals surface area contributed by atoms with Crippen molar-refractivity contribution >= 4 is 34.1 Å². The van der Waals surface area contributed by atoms with Gasteiger partial charge in [-0.2, -0.15) is 0 Å². The summed E-state index contributed by atoms with van der Waals surface area (Å²) in [5.74, 6) is 0.822. The number of hydrogen-bond acceptors (Lipinski definition) is 3. The van der Waals surface area contributed by atoms with Crippen molar-refractivity contribution in [3.63, 3.8) is 0 Å². The lowest BCUT2D eigenvalue weighted by atomic mass is 9.75. The summed E-state index contributed by atoms with van der Waals surface area (Å²) in [6.45, 7) is 4.70. The molecule has 10 aromatic carbocycles. The van der Waals surface area contributed by atoms with Gasteiger partial charge in [0, 0.05) is 67.9 Å². The van der Waals surface area contributed by atoms with Crippen LogP contribution in [0.4, 0.5) is 34.1 Å². The minimum absolute atomic E-state index is 0.141. The number of ether oxygens (including phenoxy) is 1. The van der Waals surface area contributed by atoms with Gasteiger partial charge in [-0.3, -0.25) is 0 Å². The number of benzene rings is 10. The fourth-order valence-corrected chi connectivity index (χ4v) is 10.6. The van der Waals surface area contributed by atoms with Gasteiger partial charge in [-0.15, -0.1) is 0 Å². The maximum atomic E-state index is 7.67. The van der Waals surface area contributed by atoms with Gasteiger partial charge >= 0.3 is 0 Å². The lowest BCUT2D eigenvalue weighted by Crippen LogP contribution is -2.38. The molecule has 3 heteroatoms. The SMILES string of the molecule is CC1(C)c2ccccc2-c2ccc(N(c3ccc(-c4ccccc4)cc3)c3ccc(C4(c5ccccc5)Oc5cc(N(c6ccccc6)c6ccccc6)ccc5-c5ccccc54)cc3)cc21. The smallest absolute Gasteiger partial charge is 0.185 e. The van der Waals surface area contributed by atoms with Crippen LogP contribution in [0, 0.1) is 0 Å². The highest BCUT2D eigenvalue weighted by Gasteiger charge is 2.45. The zero-order valence-electron chi connectivity index (χ0n) is 37.6. The van der Waals surface area contributed by atoms with E-state index in [4.69, 9.17) is 4.74 Å². The molecule has 320 valence electrons. The lowest BCUT2D eigenvalue weighted by Gasteiger charge is -2.42. The molecule has 0 spiro atoms. The Morgan fingerprint density at radius 3 is 1.31 bits per heavy atom. The highest BCUT2D eigenvalue weighted by atomic mass is 16.5. The molecule has 0 saturated heterocycles. The van der Waals surface area contributed by atoms with Gasteiger partial charge in [0.1, 0.15) is 5.75 Å². The summed E-state index contributed by atoms with van der Waals surface area (Å²) >= 11 is 0. The normalized spacial score (nSPS) is 15.0. The Labute approximate surface area is 393 Å². The van der Waals surface area contributed by atoms with E-state index in [1.54, 1.807) is 0 Å². The average Bonchev–Trinajstić information content (AvgIpc) is 3.62. The quantitative estimate of drug-likeness (QED) is 0.144. The topological polar surface area (TPSA) is 15.7 Å². The van der Waals surface area contributed by atoms with E-state index >= 15 is 0 Å². The average molecular weight is 861 g/mol. The van der Waals surface area contributed by atoms with E-state index in [0.717, 1.165) is 67.7 Å². The fourth-order valence-electron chi connectivity index (χ4n) is 10.6. The predicted molar refractivity (Wildman–Crippen MR) is 278 cm³/mol. The second-order valence-corrected chi connectivity index (χ2v) is 18.1. The highest BCUT2D eigenvalue weighted by Crippen LogP contribution is 2.54. The fraction of sp³-hybridized carbons (Fsp3) is 0.0625. The van der Waals surface area contributed by atoms with Gasteiger partial charge in [-0.1, -0.05) is 190 Å². The van der Waals surface area contributed by atoms with Gasteiger partial charge in [0.25, 0.3) is 0 Å². The van der Waals surface area contributed by atoms with Gasteiger partial charge in [-0.05, 0) is 112 Å². The van der Waals surface area contributed by atoms with Crippen molar-refractivity contribution in [1.82, 2.24) is 0 Å². The summed E-state index contributed by atoms with van der Waals surface area (Å²) in [5.41, 5.74) is 18.4. The van der Waals surface area contributed by atoms with Gasteiger partial charge in [0.05, 0.1) is 0 Å². The second-order valence-electron chi connectivity index (χ2n) is 18.1. The van der Waals surface area contributed by atoms with Crippen molar-refractivity contribution in [3.05, 3.63) is 283 Å². The molecule has 1 aliphatic heterocycles. The van der Waals surface area contributed by atoms with Crippen LogP contribution in [-0.4, -0.2) is 0 Å². The molecule has 67 heavy (non-hydrogen) atoms. The highest BCUT2D eigenvalue weighted by molar-refractivity contribution is 5.87. The summed E-state index contributed by atoms with van der Waals surface area (Å²) < 4.78 is 7.67. The van der Waals surface area contributed by atoms with Crippen LogP contribution in [0.3, 0.4) is 0 Å². The first-order valence-electron chi connectivity index (χ1n) is 23.2. The zero-order valence-corrected chi connectivity index (χ0v) is 37.6. The van der Waals surface area contributed by atoms with Gasteiger partial charge in [-0.25, -0.2) is 0 Å². The van der Waals surface area contributed by atoms with E-state index in [1.807, 2.05) is 0 Å². The Balaban J connectivity index is 1.00. The monoisotopic (exact) mass is 860 g/mol. The Morgan fingerprint density at radius 1 is 0.299 bits per heavy atom. The van der Waals surface area contributed by atoms with Crippen LogP contribution < -0.4 is 14.5 Å². The van der Waals surface area contributed by atoms with Crippen LogP contribution in [0.25, 0.3) is 33.4 Å². The summed E-state index contributed by atoms with van der Waals surface area (Å²) in [6, 6.07) is 91.7. The molecule has 12 rings (SSSR count). The van der Waals surface area contributed by atoms with E-state index < -0.39 is 5.60 Å². The molecule has 0 radical (unpaired) electrons. The molecule has 0 saturated carbocycles. The zero-order chi connectivity index (χ0) is 45.0. The molecule has 3 nitrogen and oxygen atoms in total. The minimum atomic E-state index is -0.960. The largest absolute Gasteiger partial charge is 0.472 e. The number of nitrogens with zero attached hydrogens (tertiary/aromatic N) is 2. The predicted octanol–water partition coefficient (Wildman–Crippen LogP) is 17.0. The van der Waals surface area contributed by atoms with E-state index in [0.29, 0.717) is 0 Å². The molecule has 0 fully saturated rings. The van der Waals surface area contributed by atoms with Gasteiger partial charge < -0.3 is 14.5 Å². The minimum Gasteiger partial charge on any atom is -0.472 e. The molecule has 0 amide bonds. The summed E-state index contributed by atoms with van der Waals surface area (Å²) in [7, 11) is 0. The number of fused-ring (bicyclic) bond motifs is 6. The molecule has 0 aromatic heterocycles. The van der Waals surface area contributed by atoms with Crippen LogP contribution in [0.15, 0.2) is 255 Å². The Hall–Kier alpha value is -8.40. The first-order chi connectivity index (χ1) is 33.0. The molecular formula is C64H48N2O. The first kappa shape index (κ1) is 40.1. The van der Waals surface area contributed by atoms with E-state index in [9.17, 15) is 0 Å². The van der Waals surface area contributed by atoms with E-state index in [2.05, 4.69) is 278 Å². The maximum Gasteiger partial charge on any atom is 0.185 e. The lowest BCUT2D eigenvalue weighted by molar-refractivity contribution is 0.152.